The van der Waals surface area contributed by atoms with Crippen molar-refractivity contribution in [2.75, 3.05) is 5.32 Å². The van der Waals surface area contributed by atoms with Gasteiger partial charge in [-0.15, -0.1) is 0 Å². The standard InChI is InChI=1S/C16H12ClF4N5O/c1-25-14(16(19,20)21)12(17)13(24-25)15(27)23-10-6-22-26(8-10)7-9-4-2-3-5-11(9)18/h2-6,8H,7H2,1H3,(H,23,27). The number of nitrogens with one attached hydrogen (secondary N) is 1. The topological polar surface area (TPSA) is 64.7 Å². The van der Waals surface area contributed by atoms with E-state index in [-0.39, 0.29) is 12.2 Å². The summed E-state index contributed by atoms with van der Waals surface area (Å²) >= 11 is 5.68. The van der Waals surface area contributed by atoms with E-state index in [1.807, 2.05) is 0 Å². The number of carbonyl (C=O) groups excluding carboxylic acids is 1. The van der Waals surface area contributed by atoms with Gasteiger partial charge in [0.05, 0.1) is 18.4 Å². The maximum atomic E-state index is 13.7. The zero-order valence-corrected chi connectivity index (χ0v) is 14.5. The molecule has 1 aromatic carbocycles. The van der Waals surface area contributed by atoms with E-state index in [9.17, 15) is 22.4 Å². The Morgan fingerprint density at radius 3 is 2.63 bits per heavy atom. The minimum Gasteiger partial charge on any atom is -0.318 e. The lowest BCUT2D eigenvalue weighted by Crippen LogP contribution is -2.13. The summed E-state index contributed by atoms with van der Waals surface area (Å²) < 4.78 is 54.3. The fraction of sp³-hybridized carbons (Fsp3) is 0.188. The average molecular weight is 402 g/mol. The van der Waals surface area contributed by atoms with Crippen LogP contribution in [-0.2, 0) is 19.8 Å². The first-order valence-corrected chi connectivity index (χ1v) is 7.91. The van der Waals surface area contributed by atoms with Gasteiger partial charge in [-0.05, 0) is 6.07 Å². The summed E-state index contributed by atoms with van der Waals surface area (Å²) in [6, 6.07) is 6.12. The number of rotatable bonds is 4. The Balaban J connectivity index is 1.76. The molecule has 0 aliphatic rings. The molecule has 0 spiro atoms. The van der Waals surface area contributed by atoms with E-state index in [1.54, 1.807) is 18.2 Å². The van der Waals surface area contributed by atoms with Gasteiger partial charge in [-0.3, -0.25) is 14.2 Å². The maximum absolute atomic E-state index is 13.7. The summed E-state index contributed by atoms with van der Waals surface area (Å²) in [6.45, 7) is 0.116. The summed E-state index contributed by atoms with van der Waals surface area (Å²) in [6.07, 6.45) is -2.06. The van der Waals surface area contributed by atoms with Gasteiger partial charge in [0.2, 0.25) is 0 Å². The van der Waals surface area contributed by atoms with E-state index in [0.29, 0.717) is 10.2 Å². The average Bonchev–Trinajstić information content (AvgIpc) is 3.12. The SMILES string of the molecule is Cn1nc(C(=O)Nc2cnn(Cc3ccccc3F)c2)c(Cl)c1C(F)(F)F. The summed E-state index contributed by atoms with van der Waals surface area (Å²) in [4.78, 5) is 12.2. The van der Waals surface area contributed by atoms with Crippen molar-refractivity contribution in [2.45, 2.75) is 12.7 Å². The number of hydrogen-bond donors (Lipinski definition) is 1. The Labute approximate surface area is 155 Å². The Bertz CT molecular complexity index is 995. The highest BCUT2D eigenvalue weighted by Crippen LogP contribution is 2.36. The monoisotopic (exact) mass is 401 g/mol. The van der Waals surface area contributed by atoms with E-state index in [4.69, 9.17) is 11.6 Å². The third-order valence-electron chi connectivity index (χ3n) is 3.65. The fourth-order valence-corrected chi connectivity index (χ4v) is 2.81. The van der Waals surface area contributed by atoms with Crippen LogP contribution in [0.2, 0.25) is 5.02 Å². The van der Waals surface area contributed by atoms with Gasteiger partial charge >= 0.3 is 6.18 Å². The van der Waals surface area contributed by atoms with E-state index in [2.05, 4.69) is 15.5 Å². The van der Waals surface area contributed by atoms with Crippen molar-refractivity contribution in [2.24, 2.45) is 7.05 Å². The van der Waals surface area contributed by atoms with Crippen LogP contribution in [0.15, 0.2) is 36.7 Å². The Hall–Kier alpha value is -2.88. The molecule has 1 amide bonds. The van der Waals surface area contributed by atoms with Gasteiger partial charge in [0.1, 0.15) is 10.8 Å². The van der Waals surface area contributed by atoms with Crippen LogP contribution in [0.5, 0.6) is 0 Å². The zero-order valence-electron chi connectivity index (χ0n) is 13.8. The van der Waals surface area contributed by atoms with Gasteiger partial charge in [0.25, 0.3) is 5.91 Å². The molecule has 3 aromatic rings. The molecular weight excluding hydrogens is 390 g/mol. The smallest absolute Gasteiger partial charge is 0.318 e. The molecule has 11 heteroatoms. The maximum Gasteiger partial charge on any atom is 0.434 e. The van der Waals surface area contributed by atoms with Crippen molar-refractivity contribution in [1.82, 2.24) is 19.6 Å². The second kappa shape index (κ2) is 7.03. The molecule has 6 nitrogen and oxygen atoms in total. The van der Waals surface area contributed by atoms with Crippen LogP contribution in [0.25, 0.3) is 0 Å². The summed E-state index contributed by atoms with van der Waals surface area (Å²) in [7, 11) is 1.04. The molecular formula is C16H12ClF4N5O. The molecule has 0 unspecified atom stereocenters. The van der Waals surface area contributed by atoms with Crippen LogP contribution >= 0.6 is 11.6 Å². The third kappa shape index (κ3) is 3.95. The van der Waals surface area contributed by atoms with Crippen LogP contribution in [0.1, 0.15) is 21.7 Å². The van der Waals surface area contributed by atoms with Crippen LogP contribution in [-0.4, -0.2) is 25.5 Å². The van der Waals surface area contributed by atoms with Gasteiger partial charge in [0.15, 0.2) is 11.4 Å². The Morgan fingerprint density at radius 1 is 1.30 bits per heavy atom. The molecule has 0 radical (unpaired) electrons. The number of benzene rings is 1. The highest BCUT2D eigenvalue weighted by molar-refractivity contribution is 6.34. The second-order valence-electron chi connectivity index (χ2n) is 5.60. The number of aromatic nitrogens is 4. The minimum absolute atomic E-state index is 0.116. The van der Waals surface area contributed by atoms with Crippen molar-refractivity contribution in [3.8, 4) is 0 Å². The third-order valence-corrected chi connectivity index (χ3v) is 4.01. The molecule has 0 bridgehead atoms. The second-order valence-corrected chi connectivity index (χ2v) is 5.98. The predicted octanol–water partition coefficient (Wildman–Crippen LogP) is 3.73. The van der Waals surface area contributed by atoms with Gasteiger partial charge < -0.3 is 5.32 Å². The first-order chi connectivity index (χ1) is 12.7. The van der Waals surface area contributed by atoms with Crippen molar-refractivity contribution in [3.05, 3.63) is 64.5 Å². The van der Waals surface area contributed by atoms with E-state index in [0.717, 1.165) is 7.05 Å². The highest BCUT2D eigenvalue weighted by atomic mass is 35.5. The molecule has 0 atom stereocenters. The largest absolute Gasteiger partial charge is 0.434 e. The molecule has 0 aliphatic heterocycles. The number of aryl methyl sites for hydroxylation is 1. The molecule has 1 N–H and O–H groups in total. The van der Waals surface area contributed by atoms with Crippen LogP contribution in [0.3, 0.4) is 0 Å². The highest BCUT2D eigenvalue weighted by Gasteiger charge is 2.40. The van der Waals surface area contributed by atoms with Gasteiger partial charge in [-0.1, -0.05) is 29.8 Å². The van der Waals surface area contributed by atoms with Crippen molar-refractivity contribution in [3.63, 3.8) is 0 Å². The zero-order chi connectivity index (χ0) is 19.8. The normalized spacial score (nSPS) is 11.6. The lowest BCUT2D eigenvalue weighted by atomic mass is 10.2. The Morgan fingerprint density at radius 2 is 2.00 bits per heavy atom. The molecule has 2 heterocycles. The number of anilines is 1. The molecule has 2 aromatic heterocycles. The molecule has 0 saturated heterocycles. The van der Waals surface area contributed by atoms with E-state index < -0.39 is 34.3 Å². The van der Waals surface area contributed by atoms with Crippen molar-refractivity contribution < 1.29 is 22.4 Å². The van der Waals surface area contributed by atoms with Crippen LogP contribution in [0, 0.1) is 5.82 Å². The molecule has 27 heavy (non-hydrogen) atoms. The number of carbonyl (C=O) groups is 1. The number of amides is 1. The molecule has 0 fully saturated rings. The van der Waals surface area contributed by atoms with Crippen molar-refractivity contribution >= 4 is 23.2 Å². The molecule has 0 saturated carbocycles. The van der Waals surface area contributed by atoms with Crippen molar-refractivity contribution in [1.29, 1.82) is 0 Å². The van der Waals surface area contributed by atoms with Gasteiger partial charge in [-0.2, -0.15) is 23.4 Å². The molecule has 142 valence electrons. The fourth-order valence-electron chi connectivity index (χ4n) is 2.46. The number of alkyl halides is 3. The van der Waals surface area contributed by atoms with E-state index >= 15 is 0 Å². The first kappa shape index (κ1) is 18.9. The molecule has 3 rings (SSSR count). The number of halogens is 5. The van der Waals surface area contributed by atoms with E-state index in [1.165, 1.54) is 23.1 Å². The molecule has 0 aliphatic carbocycles. The van der Waals surface area contributed by atoms with Gasteiger partial charge in [0, 0.05) is 18.8 Å². The van der Waals surface area contributed by atoms with Crippen LogP contribution < -0.4 is 5.32 Å². The number of nitrogens with zero attached hydrogens (tertiary/aromatic N) is 4. The predicted molar refractivity (Wildman–Crippen MR) is 88.9 cm³/mol. The summed E-state index contributed by atoms with van der Waals surface area (Å²) in [5, 5.41) is 9.09. The lowest BCUT2D eigenvalue weighted by molar-refractivity contribution is -0.143. The Kier molecular flexibility index (Phi) is 4.92. The van der Waals surface area contributed by atoms with Gasteiger partial charge in [-0.25, -0.2) is 4.39 Å². The lowest BCUT2D eigenvalue weighted by Gasteiger charge is -2.06. The minimum atomic E-state index is -4.75. The summed E-state index contributed by atoms with van der Waals surface area (Å²) in [5.41, 5.74) is -1.19. The first-order valence-electron chi connectivity index (χ1n) is 7.53. The van der Waals surface area contributed by atoms with Crippen LogP contribution in [0.4, 0.5) is 23.2 Å². The quantitative estimate of drug-likeness (QED) is 0.677. The number of hydrogen-bond acceptors (Lipinski definition) is 3. The summed E-state index contributed by atoms with van der Waals surface area (Å²) in [5.74, 6) is -1.32.